The molecule has 1 saturated carbocycles. The molecule has 2 heterocycles. The molecule has 8 amide bonds. The first-order chi connectivity index (χ1) is 59.2. The Kier molecular flexibility index (Phi) is 41.2. The van der Waals surface area contributed by atoms with Gasteiger partial charge in [0.25, 0.3) is 0 Å². The van der Waals surface area contributed by atoms with E-state index < -0.39 is 228 Å². The number of amides is 8. The van der Waals surface area contributed by atoms with Crippen LogP contribution in [0.15, 0.2) is 97.2 Å². The number of carboxylic acids is 1. The van der Waals surface area contributed by atoms with E-state index in [1.165, 1.54) is 72.7 Å². The number of aromatic amines is 1. The van der Waals surface area contributed by atoms with Crippen molar-refractivity contribution in [3.63, 3.8) is 0 Å². The highest BCUT2D eigenvalue weighted by atomic mass is 16.4. The number of para-hydroxylation sites is 1. The molecule has 1 aromatic heterocycles. The number of nitrogens with two attached hydrogens (primary N) is 2. The zero-order chi connectivity index (χ0) is 92.4. The second kappa shape index (κ2) is 50.2. The molecule has 684 valence electrons. The first-order valence-corrected chi connectivity index (χ1v) is 42.5. The summed E-state index contributed by atoms with van der Waals surface area (Å²) in [6, 6.07) is 1.96. The number of aliphatic hydroxyl groups is 2. The number of carbonyl (C=O) groups is 17. The van der Waals surface area contributed by atoms with Gasteiger partial charge in [0, 0.05) is 43.3 Å². The number of H-pyrrole nitrogens is 1. The van der Waals surface area contributed by atoms with Crippen molar-refractivity contribution >= 4 is 110 Å². The third-order valence-electron chi connectivity index (χ3n) is 22.3. The maximum absolute atomic E-state index is 15.5. The predicted octanol–water partition coefficient (Wildman–Crippen LogP) is -0.146. The van der Waals surface area contributed by atoms with Gasteiger partial charge >= 0.3 is 5.97 Å². The highest BCUT2D eigenvalue weighted by molar-refractivity contribution is 6.43. The largest absolute Gasteiger partial charge is 0.508 e. The Balaban J connectivity index is 1.44. The van der Waals surface area contributed by atoms with Gasteiger partial charge < -0.3 is 68.4 Å². The van der Waals surface area contributed by atoms with Crippen LogP contribution in [-0.2, 0) is 101 Å². The summed E-state index contributed by atoms with van der Waals surface area (Å²) >= 11 is 0. The van der Waals surface area contributed by atoms with Crippen LogP contribution in [0.2, 0.25) is 0 Å². The highest BCUT2D eigenvalue weighted by Gasteiger charge is 2.45. The molecule has 1 fully saturated rings. The van der Waals surface area contributed by atoms with Gasteiger partial charge in [0.1, 0.15) is 47.0 Å². The SMILES string of the molecule is CC(=O)N[C@@H](CC(C)C)C(=O)N[C@H](C(=O)C(=O)[C@H](Cc1ccccc1)NN[C@]1(C)CCCCCC/C=C/CCC[C@@](C)(C(=O)N[C@@H](CO)C(=O)N[C@@H](C)C(=O)C(=O)[C@H](C)NN)NC(=O)[C@H](CC2CCC2)NN[C@@H](CCC(N)=O)C(=O)C(=O)C(C)NC(=O)[C@H](Cc2c[nH]c3ccccc23)NN[C@@H](Cc2ccc(O)cc2)C(=O)C(=O)[C@H](CCC(=O)O)NC1=O)[C@@H](C)O. The van der Waals surface area contributed by atoms with Crippen molar-refractivity contribution in [3.05, 3.63) is 114 Å². The van der Waals surface area contributed by atoms with Crippen molar-refractivity contribution in [1.29, 1.82) is 0 Å². The monoisotopic (exact) mass is 1740 g/mol. The molecule has 0 bridgehead atoms. The Bertz CT molecular complexity index is 4460. The number of benzene rings is 3. The first-order valence-electron chi connectivity index (χ1n) is 42.5. The lowest BCUT2D eigenvalue weighted by atomic mass is 9.80. The molecule has 2 aliphatic rings. The zero-order valence-electron chi connectivity index (χ0n) is 72.3. The average Bonchev–Trinajstić information content (AvgIpc) is 1.65. The number of allylic oxidation sites excluding steroid dienone is 2. The number of phenolic OH excluding ortho intramolecular Hbond substituents is 1. The highest BCUT2D eigenvalue weighted by Crippen LogP contribution is 2.31. The number of ketones is 8. The number of primary amides is 1. The number of aliphatic carboxylic acids is 1. The number of carbonyl (C=O) groups excluding carboxylic acids is 16. The van der Waals surface area contributed by atoms with Crippen LogP contribution in [0, 0.1) is 11.8 Å². The second-order valence-electron chi connectivity index (χ2n) is 33.3. The fourth-order valence-electron chi connectivity index (χ4n) is 14.4. The van der Waals surface area contributed by atoms with Gasteiger partial charge in [-0.3, -0.25) is 87.3 Å². The van der Waals surface area contributed by atoms with Gasteiger partial charge in [-0.15, -0.1) is 0 Å². The molecule has 38 heteroatoms. The summed E-state index contributed by atoms with van der Waals surface area (Å²) < 4.78 is 0. The predicted molar refractivity (Wildman–Crippen MR) is 458 cm³/mol. The summed E-state index contributed by atoms with van der Waals surface area (Å²) in [5.41, 5.74) is 23.0. The summed E-state index contributed by atoms with van der Waals surface area (Å²) in [5.74, 6) is -13.2. The van der Waals surface area contributed by atoms with Crippen LogP contribution in [0.4, 0.5) is 0 Å². The minimum absolute atomic E-state index is 0.0782. The minimum atomic E-state index is -1.97. The van der Waals surface area contributed by atoms with Crippen molar-refractivity contribution in [1.82, 2.24) is 80.2 Å². The number of Topliss-reactive ketones (excluding diaryl/α,β-unsaturated/α-hetero) is 8. The van der Waals surface area contributed by atoms with Crippen LogP contribution in [-0.4, -0.2) is 221 Å². The third-order valence-corrected chi connectivity index (χ3v) is 22.3. The van der Waals surface area contributed by atoms with Crippen molar-refractivity contribution in [2.45, 2.75) is 287 Å². The summed E-state index contributed by atoms with van der Waals surface area (Å²) in [6.45, 7) is 11.4. The minimum Gasteiger partial charge on any atom is -0.508 e. The topological polar surface area (TPSA) is 607 Å². The molecule has 38 nitrogen and oxygen atoms in total. The standard InChI is InChI=1S/C87H125N17O21/c1-48(2)41-65(93-53(7)107)80(120)96-71(52(6)106)79(119)78(118)64(42-54-25-18-17-19-26-54)103-104-87(9)40-23-16-14-12-10-11-13-15-22-39-86(8,84(124)95-68(47-105)82(122)92-49(3)72(112)74(114)51(5)98-89)97-83(123)66(44-55-27-24-28-55)101-99-62(35-37-69(88)109)76(116)73(113)50(4)91-81(121)67(45-57-46-90-60-30-21-20-29-59(57)60)102-100-63(43-56-31-33-58(108)34-32-56)77(117)75(115)61(94-85(87)125)36-38-70(110)111/h11,13,17-21,25-26,29-34,46,48-52,55,61-68,71,90,98-106,108H,10,12,14-16,22-24,27-28,35-45,47,89H2,1-9H3,(H2,88,109)(H,91,121)(H,92,122)(H,93,107)(H,94,125)(H,95,124)(H,96,120)(H,97,123)(H,110,111)/b13-11+/t49-,50?,51-,52+,61-,62-,63-,64-,65-,66-,67-,68-,71-,86-,87+/m0/s1. The number of phenols is 1. The molecule has 0 radical (unpaired) electrons. The maximum Gasteiger partial charge on any atom is 0.303 e. The number of aliphatic hydroxyl groups excluding tert-OH is 2. The van der Waals surface area contributed by atoms with E-state index in [0.717, 1.165) is 6.42 Å². The molecule has 4 aromatic rings. The van der Waals surface area contributed by atoms with Crippen LogP contribution < -0.4 is 86.8 Å². The van der Waals surface area contributed by atoms with E-state index in [-0.39, 0.29) is 69.0 Å². The van der Waals surface area contributed by atoms with E-state index in [4.69, 9.17) is 11.6 Å². The fourth-order valence-corrected chi connectivity index (χ4v) is 14.4. The zero-order valence-corrected chi connectivity index (χ0v) is 72.3. The van der Waals surface area contributed by atoms with Crippen molar-refractivity contribution in [2.75, 3.05) is 6.61 Å². The van der Waals surface area contributed by atoms with E-state index in [0.29, 0.717) is 72.5 Å². The maximum atomic E-state index is 15.5. The number of rotatable bonds is 35. The van der Waals surface area contributed by atoms with Crippen LogP contribution >= 0.6 is 0 Å². The van der Waals surface area contributed by atoms with Crippen molar-refractivity contribution in [2.24, 2.45) is 23.4 Å². The second-order valence-corrected chi connectivity index (χ2v) is 33.3. The third kappa shape index (κ3) is 32.1. The Labute approximate surface area is 725 Å². The number of fused-ring (bicyclic) bond motifs is 1. The Morgan fingerprint density at radius 1 is 0.584 bits per heavy atom. The van der Waals surface area contributed by atoms with Gasteiger partial charge in [0.2, 0.25) is 93.5 Å². The molecule has 3 aromatic carbocycles. The van der Waals surface area contributed by atoms with E-state index in [1.54, 1.807) is 74.6 Å². The fraction of sp³-hybridized carbons (Fsp3) is 0.552. The Morgan fingerprint density at radius 2 is 1.18 bits per heavy atom. The number of aromatic hydroxyl groups is 1. The lowest BCUT2D eigenvalue weighted by Gasteiger charge is -2.35. The lowest BCUT2D eigenvalue weighted by molar-refractivity contribution is -0.143. The lowest BCUT2D eigenvalue weighted by Crippen LogP contribution is -2.66. The van der Waals surface area contributed by atoms with Gasteiger partial charge in [0.15, 0.2) is 0 Å². The molecule has 0 saturated heterocycles. The van der Waals surface area contributed by atoms with Gasteiger partial charge in [-0.1, -0.05) is 125 Å². The molecule has 1 aliphatic heterocycles. The molecule has 1 aliphatic carbocycles. The van der Waals surface area contributed by atoms with Crippen molar-refractivity contribution in [3.8, 4) is 5.75 Å². The smallest absolute Gasteiger partial charge is 0.303 e. The van der Waals surface area contributed by atoms with E-state index in [1.807, 2.05) is 12.2 Å². The Morgan fingerprint density at radius 3 is 1.81 bits per heavy atom. The van der Waals surface area contributed by atoms with Gasteiger partial charge in [-0.2, -0.15) is 0 Å². The summed E-state index contributed by atoms with van der Waals surface area (Å²) in [5, 5.41) is 60.6. The van der Waals surface area contributed by atoms with E-state index in [9.17, 15) is 78.0 Å². The van der Waals surface area contributed by atoms with Crippen LogP contribution in [0.25, 0.3) is 10.9 Å². The van der Waals surface area contributed by atoms with Gasteiger partial charge in [0.05, 0.1) is 55.0 Å². The number of carboxylic acid groups (broad SMARTS) is 1. The van der Waals surface area contributed by atoms with Crippen LogP contribution in [0.1, 0.15) is 195 Å². The summed E-state index contributed by atoms with van der Waals surface area (Å²) in [6.07, 6.45) is 5.04. The number of hydrogen-bond acceptors (Lipinski definition) is 28. The number of hydrogen-bond donors (Lipinski definition) is 21. The first kappa shape index (κ1) is 103. The molecule has 1 unspecified atom stereocenters. The number of hydrazine groups is 4. The van der Waals surface area contributed by atoms with E-state index >= 15 is 24.0 Å². The quantitative estimate of drug-likeness (QED) is 0.0123. The number of nitrogens with one attached hydrogen (secondary N) is 15. The molecular formula is C87H125N17O21. The van der Waals surface area contributed by atoms with Crippen LogP contribution in [0.5, 0.6) is 5.75 Å². The molecular weight excluding hydrogens is 1620 g/mol. The van der Waals surface area contributed by atoms with Crippen LogP contribution in [0.3, 0.4) is 0 Å². The molecule has 6 rings (SSSR count). The molecule has 125 heavy (non-hydrogen) atoms. The molecule has 0 spiro atoms. The molecule has 23 N–H and O–H groups in total. The average molecular weight is 1750 g/mol. The summed E-state index contributed by atoms with van der Waals surface area (Å²) in [4.78, 5) is 244. The normalized spacial score (nSPS) is 23.3. The van der Waals surface area contributed by atoms with E-state index in [2.05, 4.69) is 80.2 Å². The summed E-state index contributed by atoms with van der Waals surface area (Å²) in [7, 11) is 0. The number of aromatic nitrogens is 1. The van der Waals surface area contributed by atoms with Crippen molar-refractivity contribution < 1.29 is 102 Å². The van der Waals surface area contributed by atoms with Gasteiger partial charge in [-0.25, -0.2) is 38.0 Å². The Hall–Kier alpha value is -11.1. The molecule has 15 atom stereocenters. The van der Waals surface area contributed by atoms with Gasteiger partial charge in [-0.05, 0) is 165 Å².